The molecular weight excluding hydrogens is 278 g/mol. The number of carboxylic acid groups (broad SMARTS) is 2. The lowest BCUT2D eigenvalue weighted by atomic mass is 9.71. The van der Waals surface area contributed by atoms with Gasteiger partial charge in [-0.1, -0.05) is 16.8 Å². The second-order valence-corrected chi connectivity index (χ2v) is 4.86. The van der Waals surface area contributed by atoms with Crippen LogP contribution in [0.3, 0.4) is 0 Å². The van der Waals surface area contributed by atoms with E-state index in [1.165, 1.54) is 13.2 Å². The summed E-state index contributed by atoms with van der Waals surface area (Å²) < 4.78 is 4.92. The molecule has 1 atom stereocenters. The van der Waals surface area contributed by atoms with Crippen LogP contribution in [-0.4, -0.2) is 42.4 Å². The van der Waals surface area contributed by atoms with Crippen molar-refractivity contribution in [2.45, 2.75) is 19.8 Å². The zero-order valence-electron chi connectivity index (χ0n) is 11.9. The third-order valence-corrected chi connectivity index (χ3v) is 3.55. The van der Waals surface area contributed by atoms with E-state index in [4.69, 9.17) is 10.3 Å². The Hall–Kier alpha value is -2.31. The third kappa shape index (κ3) is 3.62. The maximum absolute atomic E-state index is 11.6. The van der Waals surface area contributed by atoms with Gasteiger partial charge in [0, 0.05) is 24.2 Å². The monoisotopic (exact) mass is 295 g/mol. The Labute approximate surface area is 121 Å². The van der Waals surface area contributed by atoms with Gasteiger partial charge in [0.05, 0.1) is 12.0 Å². The molecule has 0 spiro atoms. The van der Waals surface area contributed by atoms with Gasteiger partial charge in [-0.3, -0.25) is 4.79 Å². The smallest absolute Gasteiger partial charge is 0.331 e. The molecule has 1 rings (SSSR count). The van der Waals surface area contributed by atoms with E-state index in [2.05, 4.69) is 10.0 Å². The molecule has 0 aliphatic heterocycles. The summed E-state index contributed by atoms with van der Waals surface area (Å²) in [4.78, 5) is 25.6. The normalized spacial score (nSPS) is 21.5. The summed E-state index contributed by atoms with van der Waals surface area (Å²) in [5.74, 6) is -2.30. The molecule has 1 unspecified atom stereocenters. The Morgan fingerprint density at radius 3 is 2.67 bits per heavy atom. The number of carboxylic acids is 2. The number of aliphatic carboxylic acids is 2. The maximum atomic E-state index is 11.6. The first-order valence-electron chi connectivity index (χ1n) is 6.26. The molecule has 0 saturated heterocycles. The molecule has 0 aromatic heterocycles. The topological polar surface area (TPSA) is 133 Å². The van der Waals surface area contributed by atoms with Crippen LogP contribution >= 0.6 is 0 Å². The highest BCUT2D eigenvalue weighted by Gasteiger charge is 2.42. The van der Waals surface area contributed by atoms with Gasteiger partial charge in [0.15, 0.2) is 0 Å². The van der Waals surface area contributed by atoms with E-state index in [-0.39, 0.29) is 31.6 Å². The summed E-state index contributed by atoms with van der Waals surface area (Å²) in [6.45, 7) is 1.71. The zero-order valence-corrected chi connectivity index (χ0v) is 11.9. The molecule has 1 aliphatic rings. The number of nitrogens with zero attached hydrogens (tertiary/aromatic N) is 3. The Morgan fingerprint density at radius 1 is 1.52 bits per heavy atom. The molecule has 0 heterocycles. The van der Waals surface area contributed by atoms with Crippen molar-refractivity contribution in [3.63, 3.8) is 0 Å². The first kappa shape index (κ1) is 16.7. The van der Waals surface area contributed by atoms with Gasteiger partial charge in [0.1, 0.15) is 0 Å². The highest BCUT2D eigenvalue weighted by molar-refractivity contribution is 5.92. The average molecular weight is 295 g/mol. The number of rotatable bonds is 7. The second kappa shape index (κ2) is 6.92. The second-order valence-electron chi connectivity index (χ2n) is 4.86. The average Bonchev–Trinajstić information content (AvgIpc) is 2.43. The standard InChI is InChI=1S/C13H17N3O5/c1-8-5-13(12(19)20,3-4-21-2)6-9(11(17)18)10(8)7-15-16-14/h5H,3-4,6-7H2,1-2H3,(H,17,18)(H,19,20). The number of hydrogen-bond donors (Lipinski definition) is 2. The Morgan fingerprint density at radius 2 is 2.19 bits per heavy atom. The largest absolute Gasteiger partial charge is 0.481 e. The molecular formula is C13H17N3O5. The highest BCUT2D eigenvalue weighted by Crippen LogP contribution is 2.41. The fraction of sp³-hybridized carbons (Fsp3) is 0.538. The first-order chi connectivity index (χ1) is 9.88. The van der Waals surface area contributed by atoms with Crippen LogP contribution < -0.4 is 0 Å². The Balaban J connectivity index is 3.29. The van der Waals surface area contributed by atoms with Gasteiger partial charge in [0.25, 0.3) is 0 Å². The van der Waals surface area contributed by atoms with Crippen LogP contribution in [0.2, 0.25) is 0 Å². The molecule has 8 heteroatoms. The summed E-state index contributed by atoms with van der Waals surface area (Å²) in [5, 5.41) is 22.2. The van der Waals surface area contributed by atoms with Crippen LogP contribution in [0.1, 0.15) is 19.8 Å². The molecule has 2 N–H and O–H groups in total. The molecule has 0 fully saturated rings. The van der Waals surface area contributed by atoms with Gasteiger partial charge >= 0.3 is 11.9 Å². The molecule has 114 valence electrons. The summed E-state index contributed by atoms with van der Waals surface area (Å²) in [6, 6.07) is 0. The summed E-state index contributed by atoms with van der Waals surface area (Å²) >= 11 is 0. The summed E-state index contributed by atoms with van der Waals surface area (Å²) in [6.07, 6.45) is 1.54. The van der Waals surface area contributed by atoms with Crippen molar-refractivity contribution < 1.29 is 24.5 Å². The van der Waals surface area contributed by atoms with Crippen molar-refractivity contribution >= 4 is 11.9 Å². The predicted molar refractivity (Wildman–Crippen MR) is 73.6 cm³/mol. The molecule has 0 bridgehead atoms. The summed E-state index contributed by atoms with van der Waals surface area (Å²) in [7, 11) is 1.45. The van der Waals surface area contributed by atoms with E-state index in [0.717, 1.165) is 0 Å². The Kier molecular flexibility index (Phi) is 5.52. The number of methoxy groups -OCH3 is 1. The van der Waals surface area contributed by atoms with E-state index in [1.807, 2.05) is 0 Å². The summed E-state index contributed by atoms with van der Waals surface area (Å²) in [5.41, 5.74) is 7.91. The number of ether oxygens (including phenoxy) is 1. The van der Waals surface area contributed by atoms with Gasteiger partial charge in [-0.05, 0) is 30.9 Å². The Bertz CT molecular complexity index is 560. The van der Waals surface area contributed by atoms with Crippen LogP contribution in [-0.2, 0) is 14.3 Å². The van der Waals surface area contributed by atoms with Crippen molar-refractivity contribution in [1.29, 1.82) is 0 Å². The first-order valence-corrected chi connectivity index (χ1v) is 6.26. The van der Waals surface area contributed by atoms with Gasteiger partial charge in [-0.15, -0.1) is 0 Å². The molecule has 8 nitrogen and oxygen atoms in total. The number of hydrogen-bond acceptors (Lipinski definition) is 4. The molecule has 1 aliphatic carbocycles. The van der Waals surface area contributed by atoms with E-state index >= 15 is 0 Å². The minimum atomic E-state index is -1.31. The third-order valence-electron chi connectivity index (χ3n) is 3.55. The van der Waals surface area contributed by atoms with Gasteiger partial charge < -0.3 is 14.9 Å². The number of azide groups is 1. The van der Waals surface area contributed by atoms with E-state index in [0.29, 0.717) is 11.1 Å². The van der Waals surface area contributed by atoms with Gasteiger partial charge in [0.2, 0.25) is 0 Å². The van der Waals surface area contributed by atoms with E-state index in [9.17, 15) is 19.8 Å². The molecule has 0 saturated carbocycles. The minimum Gasteiger partial charge on any atom is -0.481 e. The van der Waals surface area contributed by atoms with Crippen LogP contribution in [0.4, 0.5) is 0 Å². The highest BCUT2D eigenvalue weighted by atomic mass is 16.5. The van der Waals surface area contributed by atoms with E-state index in [1.54, 1.807) is 6.92 Å². The lowest BCUT2D eigenvalue weighted by molar-refractivity contribution is -0.147. The predicted octanol–water partition coefficient (Wildman–Crippen LogP) is 2.14. The van der Waals surface area contributed by atoms with Gasteiger partial charge in [-0.2, -0.15) is 0 Å². The van der Waals surface area contributed by atoms with Crippen molar-refractivity contribution in [2.75, 3.05) is 20.3 Å². The SMILES string of the molecule is COCCC1(C(=O)O)C=C(C)C(CN=[N+]=[N-])=C(C(=O)O)C1. The van der Waals surface area contributed by atoms with Crippen LogP contribution in [0.15, 0.2) is 27.9 Å². The van der Waals surface area contributed by atoms with Crippen molar-refractivity contribution in [3.8, 4) is 0 Å². The molecule has 0 amide bonds. The lowest BCUT2D eigenvalue weighted by Gasteiger charge is -2.32. The van der Waals surface area contributed by atoms with Crippen LogP contribution in [0.25, 0.3) is 10.4 Å². The van der Waals surface area contributed by atoms with Crippen molar-refractivity contribution in [3.05, 3.63) is 33.2 Å². The fourth-order valence-corrected chi connectivity index (χ4v) is 2.43. The minimum absolute atomic E-state index is 0.0269. The van der Waals surface area contributed by atoms with Gasteiger partial charge in [-0.25, -0.2) is 4.79 Å². The molecule has 0 aromatic rings. The van der Waals surface area contributed by atoms with Crippen LogP contribution in [0.5, 0.6) is 0 Å². The van der Waals surface area contributed by atoms with Crippen molar-refractivity contribution in [1.82, 2.24) is 0 Å². The number of carbonyl (C=O) groups is 2. The molecule has 0 radical (unpaired) electrons. The maximum Gasteiger partial charge on any atom is 0.331 e. The molecule has 21 heavy (non-hydrogen) atoms. The zero-order chi connectivity index (χ0) is 16.0. The fourth-order valence-electron chi connectivity index (χ4n) is 2.43. The van der Waals surface area contributed by atoms with Crippen molar-refractivity contribution in [2.24, 2.45) is 10.5 Å². The quantitative estimate of drug-likeness (QED) is 0.421. The molecule has 0 aromatic carbocycles. The lowest BCUT2D eigenvalue weighted by Crippen LogP contribution is -2.35. The van der Waals surface area contributed by atoms with E-state index < -0.39 is 17.4 Å². The van der Waals surface area contributed by atoms with Crippen LogP contribution in [0, 0.1) is 5.41 Å².